The van der Waals surface area contributed by atoms with Gasteiger partial charge in [0.05, 0.1) is 11.9 Å². The second kappa shape index (κ2) is 6.67. The Morgan fingerprint density at radius 2 is 2.10 bits per heavy atom. The fraction of sp³-hybridized carbons (Fsp3) is 0.571. The van der Waals surface area contributed by atoms with Gasteiger partial charge in [-0.15, -0.1) is 0 Å². The van der Waals surface area contributed by atoms with Crippen LogP contribution in [0.2, 0.25) is 0 Å². The van der Waals surface area contributed by atoms with Gasteiger partial charge in [0.1, 0.15) is 0 Å². The lowest BCUT2D eigenvalue weighted by atomic mass is 10.1. The van der Waals surface area contributed by atoms with E-state index in [0.29, 0.717) is 6.54 Å². The number of sulfonamides is 1. The van der Waals surface area contributed by atoms with Crippen molar-refractivity contribution in [2.45, 2.75) is 43.7 Å². The fourth-order valence-electron chi connectivity index (χ4n) is 2.62. The van der Waals surface area contributed by atoms with Crippen LogP contribution >= 0.6 is 0 Å². The maximum atomic E-state index is 12.2. The normalized spacial score (nSPS) is 23.1. The molecular formula is C14H22N2O3S. The van der Waals surface area contributed by atoms with Crippen molar-refractivity contribution in [3.63, 3.8) is 0 Å². The van der Waals surface area contributed by atoms with E-state index < -0.39 is 10.0 Å². The van der Waals surface area contributed by atoms with Crippen LogP contribution < -0.4 is 10.5 Å². The van der Waals surface area contributed by atoms with Gasteiger partial charge in [-0.1, -0.05) is 24.3 Å². The first-order valence-corrected chi connectivity index (χ1v) is 8.48. The molecule has 1 aliphatic carbocycles. The lowest BCUT2D eigenvalue weighted by Gasteiger charge is -2.13. The van der Waals surface area contributed by atoms with Crippen molar-refractivity contribution in [1.29, 1.82) is 0 Å². The van der Waals surface area contributed by atoms with E-state index in [-0.39, 0.29) is 17.9 Å². The predicted molar refractivity (Wildman–Crippen MR) is 78.5 cm³/mol. The molecule has 2 unspecified atom stereocenters. The molecule has 1 aromatic carbocycles. The van der Waals surface area contributed by atoms with E-state index in [4.69, 9.17) is 10.5 Å². The third kappa shape index (κ3) is 4.28. The molecule has 20 heavy (non-hydrogen) atoms. The van der Waals surface area contributed by atoms with Gasteiger partial charge in [-0.3, -0.25) is 0 Å². The first-order valence-electron chi connectivity index (χ1n) is 6.83. The van der Waals surface area contributed by atoms with E-state index in [9.17, 15) is 8.42 Å². The molecular weight excluding hydrogens is 276 g/mol. The number of hydrogen-bond acceptors (Lipinski definition) is 4. The first-order chi connectivity index (χ1) is 9.52. The van der Waals surface area contributed by atoms with Gasteiger partial charge in [0.15, 0.2) is 0 Å². The zero-order chi connectivity index (χ0) is 14.6. The highest BCUT2D eigenvalue weighted by Crippen LogP contribution is 2.22. The van der Waals surface area contributed by atoms with E-state index >= 15 is 0 Å². The maximum Gasteiger partial charge on any atom is 0.216 e. The molecule has 1 aromatic rings. The van der Waals surface area contributed by atoms with Crippen LogP contribution in [0.15, 0.2) is 24.3 Å². The van der Waals surface area contributed by atoms with Gasteiger partial charge < -0.3 is 10.5 Å². The summed E-state index contributed by atoms with van der Waals surface area (Å²) in [5, 5.41) is 0. The second-order valence-corrected chi connectivity index (χ2v) is 7.02. The molecule has 0 amide bonds. The van der Waals surface area contributed by atoms with Crippen LogP contribution in [0.4, 0.5) is 0 Å². The van der Waals surface area contributed by atoms with E-state index in [0.717, 1.165) is 30.4 Å². The van der Waals surface area contributed by atoms with Gasteiger partial charge in [0.2, 0.25) is 10.0 Å². The van der Waals surface area contributed by atoms with Crippen LogP contribution in [0.5, 0.6) is 0 Å². The van der Waals surface area contributed by atoms with Crippen LogP contribution in [0, 0.1) is 0 Å². The minimum Gasteiger partial charge on any atom is -0.381 e. The largest absolute Gasteiger partial charge is 0.381 e. The molecule has 0 bridgehead atoms. The summed E-state index contributed by atoms with van der Waals surface area (Å²) < 4.78 is 32.4. The predicted octanol–water partition coefficient (Wildman–Crippen LogP) is 1.13. The molecule has 0 aliphatic heterocycles. The third-order valence-corrected chi connectivity index (χ3v) is 5.05. The van der Waals surface area contributed by atoms with Gasteiger partial charge >= 0.3 is 0 Å². The maximum absolute atomic E-state index is 12.2. The van der Waals surface area contributed by atoms with E-state index in [2.05, 4.69) is 4.72 Å². The third-order valence-electron chi connectivity index (χ3n) is 3.65. The Morgan fingerprint density at radius 3 is 2.75 bits per heavy atom. The van der Waals surface area contributed by atoms with E-state index in [1.807, 2.05) is 24.3 Å². The van der Waals surface area contributed by atoms with Crippen LogP contribution in [-0.4, -0.2) is 27.7 Å². The molecule has 5 nitrogen and oxygen atoms in total. The Labute approximate surface area is 120 Å². The summed E-state index contributed by atoms with van der Waals surface area (Å²) in [4.78, 5) is 0. The molecule has 0 radical (unpaired) electrons. The van der Waals surface area contributed by atoms with Gasteiger partial charge in [0.25, 0.3) is 0 Å². The molecule has 1 saturated carbocycles. The van der Waals surface area contributed by atoms with Crippen molar-refractivity contribution < 1.29 is 13.2 Å². The summed E-state index contributed by atoms with van der Waals surface area (Å²) in [7, 11) is -1.65. The van der Waals surface area contributed by atoms with Gasteiger partial charge in [-0.05, 0) is 30.4 Å². The highest BCUT2D eigenvalue weighted by Gasteiger charge is 2.27. The average Bonchev–Trinajstić information content (AvgIpc) is 2.85. The van der Waals surface area contributed by atoms with Gasteiger partial charge in [0, 0.05) is 19.7 Å². The van der Waals surface area contributed by atoms with E-state index in [1.54, 1.807) is 7.11 Å². The van der Waals surface area contributed by atoms with Gasteiger partial charge in [-0.25, -0.2) is 13.1 Å². The van der Waals surface area contributed by atoms with Gasteiger partial charge in [-0.2, -0.15) is 0 Å². The zero-order valence-electron chi connectivity index (χ0n) is 11.7. The number of methoxy groups -OCH3 is 1. The zero-order valence-corrected chi connectivity index (χ0v) is 12.5. The van der Waals surface area contributed by atoms with Crippen molar-refractivity contribution in [3.8, 4) is 0 Å². The molecule has 3 N–H and O–H groups in total. The summed E-state index contributed by atoms with van der Waals surface area (Å²) in [6.45, 7) is 0.416. The Morgan fingerprint density at radius 1 is 1.35 bits per heavy atom. The summed E-state index contributed by atoms with van der Waals surface area (Å²) in [5.74, 6) is -0.00497. The average molecular weight is 298 g/mol. The fourth-order valence-corrected chi connectivity index (χ4v) is 4.05. The van der Waals surface area contributed by atoms with E-state index in [1.165, 1.54) is 0 Å². The number of benzene rings is 1. The summed E-state index contributed by atoms with van der Waals surface area (Å²) in [5.41, 5.74) is 7.27. The first kappa shape index (κ1) is 15.4. The van der Waals surface area contributed by atoms with Crippen molar-refractivity contribution in [2.24, 2.45) is 5.73 Å². The topological polar surface area (TPSA) is 81.4 Å². The van der Waals surface area contributed by atoms with Crippen molar-refractivity contribution >= 4 is 10.0 Å². The number of nitrogens with two attached hydrogens (primary N) is 1. The smallest absolute Gasteiger partial charge is 0.216 e. The Balaban J connectivity index is 1.97. The quantitative estimate of drug-likeness (QED) is 0.825. The minimum absolute atomic E-state index is 0.00497. The molecule has 0 aromatic heterocycles. The molecule has 1 aliphatic rings. The standard InChI is InChI=1S/C14H22N2O3S/c1-19-14-6-5-13(8-14)16-20(17,18)10-12-4-2-3-11(7-12)9-15/h2-4,7,13-14,16H,5-6,8-10,15H2,1H3. The van der Waals surface area contributed by atoms with Crippen LogP contribution in [0.3, 0.4) is 0 Å². The highest BCUT2D eigenvalue weighted by atomic mass is 32.2. The molecule has 1 fully saturated rings. The second-order valence-electron chi connectivity index (χ2n) is 5.27. The molecule has 6 heteroatoms. The summed E-state index contributed by atoms with van der Waals surface area (Å²) in [6, 6.07) is 7.37. The lowest BCUT2D eigenvalue weighted by Crippen LogP contribution is -2.34. The molecule has 2 rings (SSSR count). The van der Waals surface area contributed by atoms with Crippen LogP contribution in [0.1, 0.15) is 30.4 Å². The molecule has 112 valence electrons. The van der Waals surface area contributed by atoms with Crippen molar-refractivity contribution in [3.05, 3.63) is 35.4 Å². The Hall–Kier alpha value is -0.950. The molecule has 0 saturated heterocycles. The lowest BCUT2D eigenvalue weighted by molar-refractivity contribution is 0.107. The monoisotopic (exact) mass is 298 g/mol. The van der Waals surface area contributed by atoms with Crippen molar-refractivity contribution in [2.75, 3.05) is 7.11 Å². The number of nitrogens with one attached hydrogen (secondary N) is 1. The minimum atomic E-state index is -3.32. The number of ether oxygens (including phenoxy) is 1. The number of hydrogen-bond donors (Lipinski definition) is 2. The highest BCUT2D eigenvalue weighted by molar-refractivity contribution is 7.88. The summed E-state index contributed by atoms with van der Waals surface area (Å²) in [6.07, 6.45) is 2.66. The Kier molecular flexibility index (Phi) is 5.15. The molecule has 0 spiro atoms. The SMILES string of the molecule is COC1CCC(NS(=O)(=O)Cc2cccc(CN)c2)C1. The molecule has 0 heterocycles. The summed E-state index contributed by atoms with van der Waals surface area (Å²) >= 11 is 0. The van der Waals surface area contributed by atoms with Crippen LogP contribution in [0.25, 0.3) is 0 Å². The molecule has 2 atom stereocenters. The Bertz CT molecular complexity index is 545. The van der Waals surface area contributed by atoms with Crippen molar-refractivity contribution in [1.82, 2.24) is 4.72 Å². The van der Waals surface area contributed by atoms with Crippen LogP contribution in [-0.2, 0) is 27.1 Å². The number of rotatable bonds is 6.